The van der Waals surface area contributed by atoms with Gasteiger partial charge < -0.3 is 25.4 Å². The minimum absolute atomic E-state index is 0.0112. The van der Waals surface area contributed by atoms with Crippen LogP contribution in [-0.2, 0) is 19.1 Å². The third-order valence-electron chi connectivity index (χ3n) is 4.22. The monoisotopic (exact) mass is 392 g/mol. The molecular weight excluding hydrogens is 368 g/mol. The molecule has 1 saturated heterocycles. The van der Waals surface area contributed by atoms with Crippen LogP contribution in [0, 0.1) is 0 Å². The molecule has 28 heavy (non-hydrogen) atoms. The summed E-state index contributed by atoms with van der Waals surface area (Å²) >= 11 is 0. The fourth-order valence-electron chi connectivity index (χ4n) is 2.70. The number of hydrogen-bond donors (Lipinski definition) is 3. The van der Waals surface area contributed by atoms with Gasteiger partial charge in [-0.3, -0.25) is 14.5 Å². The van der Waals surface area contributed by atoms with Gasteiger partial charge >= 0.3 is 23.8 Å². The normalized spacial score (nSPS) is 14.1. The number of carbonyl (C=O) groups is 4. The third kappa shape index (κ3) is 5.76. The molecule has 10 nitrogen and oxygen atoms in total. The number of anilines is 1. The number of piperazine rings is 1. The highest BCUT2D eigenvalue weighted by molar-refractivity contribution is 6.40. The highest BCUT2D eigenvalue weighted by atomic mass is 16.5. The Kier molecular flexibility index (Phi) is 7.90. The molecule has 1 aromatic rings. The van der Waals surface area contributed by atoms with E-state index in [4.69, 9.17) is 0 Å². The van der Waals surface area contributed by atoms with Crippen molar-refractivity contribution in [3.05, 3.63) is 29.3 Å². The zero-order valence-electron chi connectivity index (χ0n) is 15.9. The average molecular weight is 392 g/mol. The summed E-state index contributed by atoms with van der Waals surface area (Å²) < 4.78 is 9.29. The Morgan fingerprint density at radius 1 is 1.04 bits per heavy atom. The van der Waals surface area contributed by atoms with E-state index in [9.17, 15) is 19.2 Å². The van der Waals surface area contributed by atoms with Crippen LogP contribution in [0.4, 0.5) is 5.69 Å². The third-order valence-corrected chi connectivity index (χ3v) is 4.22. The summed E-state index contributed by atoms with van der Waals surface area (Å²) in [7, 11) is 2.39. The predicted molar refractivity (Wildman–Crippen MR) is 100 cm³/mol. The molecule has 10 heteroatoms. The fourth-order valence-corrected chi connectivity index (χ4v) is 2.70. The van der Waals surface area contributed by atoms with Gasteiger partial charge in [-0.15, -0.1) is 0 Å². The number of nitrogens with one attached hydrogen (secondary N) is 3. The minimum atomic E-state index is -0.951. The number of ether oxygens (including phenoxy) is 2. The Labute approximate surface area is 162 Å². The Hall–Kier alpha value is -2.98. The topological polar surface area (TPSA) is 126 Å². The molecule has 1 aliphatic rings. The Morgan fingerprint density at radius 2 is 1.71 bits per heavy atom. The SMILES string of the molecule is COC(=O)c1ccc(C(=O)OC)c(NC(=O)C(=O)NCCN2CCNCC2)c1. The van der Waals surface area contributed by atoms with Crippen molar-refractivity contribution in [2.75, 3.05) is 58.8 Å². The molecular formula is C18H24N4O6. The maximum atomic E-state index is 12.2. The lowest BCUT2D eigenvalue weighted by Gasteiger charge is -2.26. The fraction of sp³-hybridized carbons (Fsp3) is 0.444. The number of methoxy groups -OCH3 is 2. The number of esters is 2. The lowest BCUT2D eigenvalue weighted by Crippen LogP contribution is -2.47. The number of carbonyl (C=O) groups excluding carboxylic acids is 4. The summed E-state index contributed by atoms with van der Waals surface area (Å²) in [6.45, 7) is 4.49. The van der Waals surface area contributed by atoms with Gasteiger partial charge in [0, 0.05) is 39.3 Å². The maximum absolute atomic E-state index is 12.2. The predicted octanol–water partition coefficient (Wildman–Crippen LogP) is -0.780. The molecule has 1 aliphatic heterocycles. The van der Waals surface area contributed by atoms with Crippen LogP contribution in [0.25, 0.3) is 0 Å². The maximum Gasteiger partial charge on any atom is 0.339 e. The number of hydrogen-bond acceptors (Lipinski definition) is 8. The molecule has 0 unspecified atom stereocenters. The molecule has 1 heterocycles. The lowest BCUT2D eigenvalue weighted by atomic mass is 10.1. The molecule has 0 spiro atoms. The molecule has 0 atom stereocenters. The number of nitrogens with zero attached hydrogens (tertiary/aromatic N) is 1. The molecule has 0 bridgehead atoms. The molecule has 1 aromatic carbocycles. The van der Waals surface area contributed by atoms with Gasteiger partial charge in [0.2, 0.25) is 0 Å². The molecule has 152 valence electrons. The van der Waals surface area contributed by atoms with Gasteiger partial charge in [-0.05, 0) is 18.2 Å². The summed E-state index contributed by atoms with van der Waals surface area (Å²) in [6, 6.07) is 3.93. The van der Waals surface area contributed by atoms with Crippen molar-refractivity contribution in [3.8, 4) is 0 Å². The van der Waals surface area contributed by atoms with Gasteiger partial charge in [-0.1, -0.05) is 0 Å². The molecule has 0 aromatic heterocycles. The van der Waals surface area contributed by atoms with Crippen LogP contribution in [0.3, 0.4) is 0 Å². The first kappa shape index (κ1) is 21.3. The van der Waals surface area contributed by atoms with Crippen LogP contribution >= 0.6 is 0 Å². The molecule has 0 radical (unpaired) electrons. The van der Waals surface area contributed by atoms with Crippen molar-refractivity contribution in [3.63, 3.8) is 0 Å². The molecule has 0 aliphatic carbocycles. The Bertz CT molecular complexity index is 746. The van der Waals surface area contributed by atoms with Gasteiger partial charge in [-0.25, -0.2) is 9.59 Å². The molecule has 2 amide bonds. The van der Waals surface area contributed by atoms with Crippen LogP contribution < -0.4 is 16.0 Å². The second-order valence-corrected chi connectivity index (χ2v) is 6.05. The van der Waals surface area contributed by atoms with Crippen LogP contribution in [0.15, 0.2) is 18.2 Å². The summed E-state index contributed by atoms with van der Waals surface area (Å²) in [5.74, 6) is -3.15. The van der Waals surface area contributed by atoms with Crippen molar-refractivity contribution in [2.45, 2.75) is 0 Å². The second kappa shape index (κ2) is 10.4. The highest BCUT2D eigenvalue weighted by Crippen LogP contribution is 2.19. The number of amides is 2. The summed E-state index contributed by atoms with van der Waals surface area (Å²) in [4.78, 5) is 50.0. The average Bonchev–Trinajstić information content (AvgIpc) is 2.73. The summed E-state index contributed by atoms with van der Waals surface area (Å²) in [5, 5.41) is 8.12. The van der Waals surface area contributed by atoms with E-state index in [0.29, 0.717) is 13.1 Å². The highest BCUT2D eigenvalue weighted by Gasteiger charge is 2.20. The van der Waals surface area contributed by atoms with E-state index in [1.54, 1.807) is 0 Å². The quantitative estimate of drug-likeness (QED) is 0.425. The molecule has 2 rings (SSSR count). The van der Waals surface area contributed by atoms with Crippen LogP contribution in [0.1, 0.15) is 20.7 Å². The van der Waals surface area contributed by atoms with Crippen molar-refractivity contribution >= 4 is 29.4 Å². The van der Waals surface area contributed by atoms with Crippen LogP contribution in [0.2, 0.25) is 0 Å². The zero-order chi connectivity index (χ0) is 20.5. The van der Waals surface area contributed by atoms with Crippen LogP contribution in [-0.4, -0.2) is 82.1 Å². The number of rotatable bonds is 6. The van der Waals surface area contributed by atoms with Crippen molar-refractivity contribution in [2.24, 2.45) is 0 Å². The first-order valence-corrected chi connectivity index (χ1v) is 8.79. The zero-order valence-corrected chi connectivity index (χ0v) is 15.9. The van der Waals surface area contributed by atoms with Gasteiger partial charge in [0.05, 0.1) is 31.0 Å². The van der Waals surface area contributed by atoms with Gasteiger partial charge in [0.1, 0.15) is 0 Å². The largest absolute Gasteiger partial charge is 0.465 e. The second-order valence-electron chi connectivity index (χ2n) is 6.05. The molecule has 3 N–H and O–H groups in total. The van der Waals surface area contributed by atoms with E-state index in [1.165, 1.54) is 32.4 Å². The van der Waals surface area contributed by atoms with E-state index in [1.807, 2.05) is 0 Å². The lowest BCUT2D eigenvalue weighted by molar-refractivity contribution is -0.136. The molecule has 0 saturated carbocycles. The smallest absolute Gasteiger partial charge is 0.339 e. The summed E-state index contributed by atoms with van der Waals surface area (Å²) in [5.41, 5.74) is 0.110. The summed E-state index contributed by atoms with van der Waals surface area (Å²) in [6.07, 6.45) is 0. The van der Waals surface area contributed by atoms with Gasteiger partial charge in [0.25, 0.3) is 0 Å². The van der Waals surface area contributed by atoms with Crippen molar-refractivity contribution in [1.82, 2.24) is 15.5 Å². The number of benzene rings is 1. The van der Waals surface area contributed by atoms with E-state index in [-0.39, 0.29) is 16.8 Å². The Morgan fingerprint density at radius 3 is 2.36 bits per heavy atom. The van der Waals surface area contributed by atoms with Crippen LogP contribution in [0.5, 0.6) is 0 Å². The van der Waals surface area contributed by atoms with Crippen molar-refractivity contribution < 1.29 is 28.7 Å². The molecule has 1 fully saturated rings. The first-order valence-electron chi connectivity index (χ1n) is 8.79. The van der Waals surface area contributed by atoms with Gasteiger partial charge in [-0.2, -0.15) is 0 Å². The van der Waals surface area contributed by atoms with E-state index in [0.717, 1.165) is 26.2 Å². The standard InChI is InChI=1S/C18H24N4O6/c1-27-17(25)12-3-4-13(18(26)28-2)14(11-12)21-16(24)15(23)20-7-10-22-8-5-19-6-9-22/h3-4,11,19H,5-10H2,1-2H3,(H,20,23)(H,21,24). The van der Waals surface area contributed by atoms with E-state index in [2.05, 4.69) is 30.3 Å². The van der Waals surface area contributed by atoms with E-state index >= 15 is 0 Å². The Balaban J connectivity index is 2.00. The van der Waals surface area contributed by atoms with Gasteiger partial charge in [0.15, 0.2) is 0 Å². The first-order chi connectivity index (χ1) is 13.5. The van der Waals surface area contributed by atoms with E-state index < -0.39 is 23.8 Å². The van der Waals surface area contributed by atoms with Crippen molar-refractivity contribution in [1.29, 1.82) is 0 Å². The minimum Gasteiger partial charge on any atom is -0.465 e.